The first-order valence-corrected chi connectivity index (χ1v) is 14.9. The van der Waals surface area contributed by atoms with Crippen molar-refractivity contribution in [2.24, 2.45) is 0 Å². The summed E-state index contributed by atoms with van der Waals surface area (Å²) in [7, 11) is -4.15. The summed E-state index contributed by atoms with van der Waals surface area (Å²) in [6.45, 7) is 5.58. The molecule has 0 saturated heterocycles. The highest BCUT2D eigenvalue weighted by Crippen LogP contribution is 2.26. The fourth-order valence-corrected chi connectivity index (χ4v) is 5.61. The Hall–Kier alpha value is -3.07. The topological polar surface area (TPSA) is 86.8 Å². The molecule has 0 radical (unpaired) electrons. The highest BCUT2D eigenvalue weighted by molar-refractivity contribution is 7.92. The summed E-state index contributed by atoms with van der Waals surface area (Å²) >= 11 is 12.0. The van der Waals surface area contributed by atoms with Gasteiger partial charge in [0.25, 0.3) is 10.0 Å². The molecular weight excluding hydrogens is 557 g/mol. The number of halogens is 2. The van der Waals surface area contributed by atoms with Crippen molar-refractivity contribution in [3.63, 3.8) is 0 Å². The Morgan fingerprint density at radius 2 is 1.56 bits per heavy atom. The molecule has 3 rings (SSSR count). The molecule has 1 N–H and O–H groups in total. The van der Waals surface area contributed by atoms with Crippen molar-refractivity contribution in [2.75, 3.05) is 17.4 Å². The maximum absolute atomic E-state index is 13.9. The smallest absolute Gasteiger partial charge is 0.264 e. The van der Waals surface area contributed by atoms with Crippen LogP contribution in [0, 0.1) is 6.92 Å². The molecule has 0 bridgehead atoms. The zero-order chi connectivity index (χ0) is 28.6. The molecule has 0 aliphatic rings. The third kappa shape index (κ3) is 8.21. The number of hydrogen-bond acceptors (Lipinski definition) is 4. The standard InChI is InChI=1S/C29H33Cl2N3O4S/c1-4-5-17-32-29(36)22(3)33(19-23-9-11-24(30)12-10-23)28(35)20-34(26-8-6-7-21(2)18-26)39(37,38)27-15-13-25(31)14-16-27/h6-16,18,22H,4-5,17,19-20H2,1-3H3,(H,32,36)/t22-/m1/s1. The number of amides is 2. The number of nitrogens with zero attached hydrogens (tertiary/aromatic N) is 2. The third-order valence-electron chi connectivity index (χ3n) is 6.23. The molecule has 0 fully saturated rings. The Kier molecular flexibility index (Phi) is 10.8. The Morgan fingerprint density at radius 1 is 0.949 bits per heavy atom. The van der Waals surface area contributed by atoms with E-state index < -0.39 is 28.5 Å². The van der Waals surface area contributed by atoms with Gasteiger partial charge in [-0.3, -0.25) is 13.9 Å². The van der Waals surface area contributed by atoms with Crippen molar-refractivity contribution >= 4 is 50.7 Å². The van der Waals surface area contributed by atoms with E-state index in [0.29, 0.717) is 22.3 Å². The van der Waals surface area contributed by atoms with Gasteiger partial charge in [0.05, 0.1) is 10.6 Å². The molecule has 208 valence electrons. The average molecular weight is 591 g/mol. The van der Waals surface area contributed by atoms with Crippen LogP contribution in [0.5, 0.6) is 0 Å². The quantitative estimate of drug-likeness (QED) is 0.269. The molecule has 3 aromatic carbocycles. The third-order valence-corrected chi connectivity index (χ3v) is 8.53. The van der Waals surface area contributed by atoms with Crippen LogP contribution in [0.25, 0.3) is 0 Å². The van der Waals surface area contributed by atoms with Gasteiger partial charge in [0.2, 0.25) is 11.8 Å². The fraction of sp³-hybridized carbons (Fsp3) is 0.310. The molecular formula is C29H33Cl2N3O4S. The second-order valence-corrected chi connectivity index (χ2v) is 12.0. The van der Waals surface area contributed by atoms with Gasteiger partial charge in [-0.2, -0.15) is 0 Å². The van der Waals surface area contributed by atoms with Gasteiger partial charge < -0.3 is 10.2 Å². The van der Waals surface area contributed by atoms with Gasteiger partial charge in [0.15, 0.2) is 0 Å². The van der Waals surface area contributed by atoms with Crippen molar-refractivity contribution < 1.29 is 18.0 Å². The molecule has 2 amide bonds. The van der Waals surface area contributed by atoms with E-state index in [1.165, 1.54) is 29.2 Å². The summed E-state index contributed by atoms with van der Waals surface area (Å²) in [5.41, 5.74) is 1.92. The van der Waals surface area contributed by atoms with Crippen LogP contribution in [0.1, 0.15) is 37.8 Å². The maximum Gasteiger partial charge on any atom is 0.264 e. The number of anilines is 1. The lowest BCUT2D eigenvalue weighted by Crippen LogP contribution is -2.51. The van der Waals surface area contributed by atoms with Crippen molar-refractivity contribution in [3.8, 4) is 0 Å². The van der Waals surface area contributed by atoms with E-state index in [9.17, 15) is 18.0 Å². The van der Waals surface area contributed by atoms with E-state index >= 15 is 0 Å². The van der Waals surface area contributed by atoms with Gasteiger partial charge in [-0.1, -0.05) is 60.8 Å². The van der Waals surface area contributed by atoms with Crippen LogP contribution < -0.4 is 9.62 Å². The summed E-state index contributed by atoms with van der Waals surface area (Å²) in [6.07, 6.45) is 1.72. The Bertz CT molecular complexity index is 1380. The average Bonchev–Trinajstić information content (AvgIpc) is 2.91. The molecule has 7 nitrogen and oxygen atoms in total. The van der Waals surface area contributed by atoms with E-state index in [4.69, 9.17) is 23.2 Å². The maximum atomic E-state index is 13.9. The lowest BCUT2D eigenvalue weighted by molar-refractivity contribution is -0.139. The number of rotatable bonds is 12. The molecule has 0 spiro atoms. The number of carbonyl (C=O) groups is 2. The predicted molar refractivity (Wildman–Crippen MR) is 157 cm³/mol. The number of sulfonamides is 1. The van der Waals surface area contributed by atoms with Crippen LogP contribution in [-0.2, 0) is 26.2 Å². The van der Waals surface area contributed by atoms with Gasteiger partial charge >= 0.3 is 0 Å². The molecule has 1 atom stereocenters. The van der Waals surface area contributed by atoms with Gasteiger partial charge in [0.1, 0.15) is 12.6 Å². The summed E-state index contributed by atoms with van der Waals surface area (Å²) in [5, 5.41) is 3.81. The van der Waals surface area contributed by atoms with Gasteiger partial charge in [-0.05, 0) is 79.9 Å². The highest BCUT2D eigenvalue weighted by atomic mass is 35.5. The first kappa shape index (κ1) is 30.5. The number of benzene rings is 3. The predicted octanol–water partition coefficient (Wildman–Crippen LogP) is 5.83. The first-order chi connectivity index (χ1) is 18.5. The first-order valence-electron chi connectivity index (χ1n) is 12.7. The number of aryl methyl sites for hydroxylation is 1. The second kappa shape index (κ2) is 13.8. The summed E-state index contributed by atoms with van der Waals surface area (Å²) in [5.74, 6) is -0.837. The summed E-state index contributed by atoms with van der Waals surface area (Å²) in [6, 6.07) is 18.8. The van der Waals surface area contributed by atoms with E-state index in [2.05, 4.69) is 5.32 Å². The Labute approximate surface area is 240 Å². The van der Waals surface area contributed by atoms with Crippen LogP contribution in [-0.4, -0.2) is 44.3 Å². The molecule has 0 aliphatic heterocycles. The minimum atomic E-state index is -4.15. The van der Waals surface area contributed by atoms with Crippen LogP contribution in [0.4, 0.5) is 5.69 Å². The number of carbonyl (C=O) groups excluding carboxylic acids is 2. The molecule has 39 heavy (non-hydrogen) atoms. The van der Waals surface area contributed by atoms with Crippen molar-refractivity contribution in [1.29, 1.82) is 0 Å². The Morgan fingerprint density at radius 3 is 2.15 bits per heavy atom. The largest absolute Gasteiger partial charge is 0.354 e. The Balaban J connectivity index is 1.99. The molecule has 0 saturated carbocycles. The molecule has 0 aromatic heterocycles. The monoisotopic (exact) mass is 589 g/mol. The van der Waals surface area contributed by atoms with Gasteiger partial charge in [0, 0.05) is 23.1 Å². The highest BCUT2D eigenvalue weighted by Gasteiger charge is 2.32. The van der Waals surface area contributed by atoms with Gasteiger partial charge in [-0.15, -0.1) is 0 Å². The SMILES string of the molecule is CCCCNC(=O)[C@@H](C)N(Cc1ccc(Cl)cc1)C(=O)CN(c1cccc(C)c1)S(=O)(=O)c1ccc(Cl)cc1. The van der Waals surface area contributed by atoms with Crippen LogP contribution in [0.15, 0.2) is 77.7 Å². The zero-order valence-electron chi connectivity index (χ0n) is 22.2. The minimum Gasteiger partial charge on any atom is -0.354 e. The minimum absolute atomic E-state index is 0.00388. The van der Waals surface area contributed by atoms with Crippen molar-refractivity contribution in [3.05, 3.63) is 94.0 Å². The lowest BCUT2D eigenvalue weighted by atomic mass is 10.1. The van der Waals surface area contributed by atoms with E-state index in [1.807, 2.05) is 19.9 Å². The van der Waals surface area contributed by atoms with E-state index in [1.54, 1.807) is 49.4 Å². The molecule has 3 aromatic rings. The van der Waals surface area contributed by atoms with Crippen LogP contribution >= 0.6 is 23.2 Å². The van der Waals surface area contributed by atoms with Crippen molar-refractivity contribution in [2.45, 2.75) is 51.1 Å². The van der Waals surface area contributed by atoms with Gasteiger partial charge in [-0.25, -0.2) is 8.42 Å². The number of hydrogen-bond donors (Lipinski definition) is 1. The molecule has 0 unspecified atom stereocenters. The molecule has 0 aliphatic carbocycles. The van der Waals surface area contributed by atoms with Crippen LogP contribution in [0.2, 0.25) is 10.0 Å². The van der Waals surface area contributed by atoms with E-state index in [0.717, 1.165) is 28.3 Å². The number of unbranched alkanes of at least 4 members (excludes halogenated alkanes) is 1. The lowest BCUT2D eigenvalue weighted by Gasteiger charge is -2.32. The van der Waals surface area contributed by atoms with Crippen LogP contribution in [0.3, 0.4) is 0 Å². The summed E-state index contributed by atoms with van der Waals surface area (Å²) < 4.78 is 28.7. The molecule has 10 heteroatoms. The number of nitrogens with one attached hydrogen (secondary N) is 1. The second-order valence-electron chi connectivity index (χ2n) is 9.27. The zero-order valence-corrected chi connectivity index (χ0v) is 24.6. The normalized spacial score (nSPS) is 12.0. The molecule has 0 heterocycles. The summed E-state index contributed by atoms with van der Waals surface area (Å²) in [4.78, 5) is 28.3. The van der Waals surface area contributed by atoms with Crippen molar-refractivity contribution in [1.82, 2.24) is 10.2 Å². The fourth-order valence-electron chi connectivity index (χ4n) is 3.95. The van der Waals surface area contributed by atoms with E-state index in [-0.39, 0.29) is 17.3 Å².